The molecule has 0 aromatic heterocycles. The smallest absolute Gasteiger partial charge is 0.243 e. The van der Waals surface area contributed by atoms with Gasteiger partial charge in [0.1, 0.15) is 5.75 Å². The second-order valence-electron chi connectivity index (χ2n) is 8.16. The minimum atomic E-state index is -3.48. The van der Waals surface area contributed by atoms with Crippen molar-refractivity contribution in [3.05, 3.63) is 60.2 Å². The van der Waals surface area contributed by atoms with Crippen LogP contribution in [0.1, 0.15) is 38.2 Å². The van der Waals surface area contributed by atoms with Crippen molar-refractivity contribution in [3.63, 3.8) is 0 Å². The van der Waals surface area contributed by atoms with Crippen LogP contribution in [-0.4, -0.2) is 49.4 Å². The zero-order valence-corrected chi connectivity index (χ0v) is 17.9. The summed E-state index contributed by atoms with van der Waals surface area (Å²) in [5.74, 6) is 0.761. The van der Waals surface area contributed by atoms with E-state index < -0.39 is 10.0 Å². The molecule has 156 valence electrons. The van der Waals surface area contributed by atoms with Gasteiger partial charge in [-0.05, 0) is 62.4 Å². The van der Waals surface area contributed by atoms with E-state index in [4.69, 9.17) is 4.74 Å². The third-order valence-corrected chi connectivity index (χ3v) is 7.90. The maximum absolute atomic E-state index is 13.1. The Morgan fingerprint density at radius 3 is 2.31 bits per heavy atom. The first-order valence-electron chi connectivity index (χ1n) is 10.6. The molecule has 1 saturated heterocycles. The van der Waals surface area contributed by atoms with E-state index >= 15 is 0 Å². The number of nitrogens with zero attached hydrogens (tertiary/aromatic N) is 2. The molecule has 2 aromatic carbocycles. The van der Waals surface area contributed by atoms with Crippen LogP contribution in [0.25, 0.3) is 0 Å². The fourth-order valence-electron chi connectivity index (χ4n) is 4.27. The molecule has 6 heteroatoms. The average molecular weight is 415 g/mol. The van der Waals surface area contributed by atoms with Crippen LogP contribution in [0.3, 0.4) is 0 Å². The third kappa shape index (κ3) is 4.82. The molecule has 5 nitrogen and oxygen atoms in total. The molecule has 2 aromatic rings. The van der Waals surface area contributed by atoms with Gasteiger partial charge in [-0.3, -0.25) is 4.90 Å². The highest BCUT2D eigenvalue weighted by Crippen LogP contribution is 2.26. The van der Waals surface area contributed by atoms with Crippen LogP contribution in [0, 0.1) is 0 Å². The lowest BCUT2D eigenvalue weighted by Gasteiger charge is -2.39. The van der Waals surface area contributed by atoms with E-state index in [-0.39, 0.29) is 12.1 Å². The van der Waals surface area contributed by atoms with Crippen LogP contribution in [0.2, 0.25) is 0 Å². The van der Waals surface area contributed by atoms with E-state index in [9.17, 15) is 8.42 Å². The predicted molar refractivity (Wildman–Crippen MR) is 114 cm³/mol. The summed E-state index contributed by atoms with van der Waals surface area (Å²) in [7, 11) is -3.48. The third-order valence-electron chi connectivity index (χ3n) is 6.02. The molecular formula is C23H30N2O3S. The Bertz CT molecular complexity index is 893. The lowest BCUT2D eigenvalue weighted by molar-refractivity contribution is 0.122. The average Bonchev–Trinajstić information content (AvgIpc) is 3.24. The minimum Gasteiger partial charge on any atom is -0.490 e. The first-order chi connectivity index (χ1) is 14.0. The molecule has 1 saturated carbocycles. The molecule has 4 rings (SSSR count). The maximum Gasteiger partial charge on any atom is 0.243 e. The molecule has 2 fully saturated rings. The molecule has 0 N–H and O–H groups in total. The number of hydrogen-bond donors (Lipinski definition) is 0. The quantitative estimate of drug-likeness (QED) is 0.719. The summed E-state index contributed by atoms with van der Waals surface area (Å²) in [6, 6.07) is 17.4. The Hall–Kier alpha value is -1.89. The summed E-state index contributed by atoms with van der Waals surface area (Å²) in [4.78, 5) is 2.69. The summed E-state index contributed by atoms with van der Waals surface area (Å²) in [6.07, 6.45) is 4.88. The van der Waals surface area contributed by atoms with Gasteiger partial charge in [0.05, 0.1) is 11.0 Å². The van der Waals surface area contributed by atoms with Crippen LogP contribution in [-0.2, 0) is 16.6 Å². The molecule has 2 aliphatic rings. The molecule has 0 amide bonds. The SMILES string of the molecule is CC1CN(S(=O)(=O)c2ccc(OC3CCCC3)cc2)CCN1Cc1ccccc1. The summed E-state index contributed by atoms with van der Waals surface area (Å²) < 4.78 is 33.8. The Kier molecular flexibility index (Phi) is 6.23. The van der Waals surface area contributed by atoms with E-state index in [1.54, 1.807) is 28.6 Å². The van der Waals surface area contributed by atoms with E-state index in [0.29, 0.717) is 18.0 Å². The molecule has 1 aliphatic heterocycles. The van der Waals surface area contributed by atoms with Crippen LogP contribution >= 0.6 is 0 Å². The molecule has 0 bridgehead atoms. The Morgan fingerprint density at radius 2 is 1.66 bits per heavy atom. The summed E-state index contributed by atoms with van der Waals surface area (Å²) >= 11 is 0. The fraction of sp³-hybridized carbons (Fsp3) is 0.478. The molecule has 0 spiro atoms. The van der Waals surface area contributed by atoms with Gasteiger partial charge in [0.25, 0.3) is 0 Å². The van der Waals surface area contributed by atoms with Crippen molar-refractivity contribution < 1.29 is 13.2 Å². The van der Waals surface area contributed by atoms with Crippen molar-refractivity contribution in [2.75, 3.05) is 19.6 Å². The van der Waals surface area contributed by atoms with Gasteiger partial charge in [-0.2, -0.15) is 4.31 Å². The van der Waals surface area contributed by atoms with Gasteiger partial charge >= 0.3 is 0 Å². The van der Waals surface area contributed by atoms with Gasteiger partial charge in [0.15, 0.2) is 0 Å². The van der Waals surface area contributed by atoms with Crippen molar-refractivity contribution in [1.29, 1.82) is 0 Å². The first kappa shape index (κ1) is 20.4. The normalized spacial score (nSPS) is 22.0. The molecular weight excluding hydrogens is 384 g/mol. The van der Waals surface area contributed by atoms with Crippen molar-refractivity contribution in [1.82, 2.24) is 9.21 Å². The van der Waals surface area contributed by atoms with Crippen LogP contribution in [0.15, 0.2) is 59.5 Å². The van der Waals surface area contributed by atoms with Crippen LogP contribution in [0.5, 0.6) is 5.75 Å². The summed E-state index contributed by atoms with van der Waals surface area (Å²) in [6.45, 7) is 4.71. The van der Waals surface area contributed by atoms with Gasteiger partial charge in [-0.15, -0.1) is 0 Å². The number of ether oxygens (including phenoxy) is 1. The predicted octanol–water partition coefficient (Wildman–Crippen LogP) is 3.90. The first-order valence-corrected chi connectivity index (χ1v) is 12.0. The van der Waals surface area contributed by atoms with Gasteiger partial charge in [0, 0.05) is 32.2 Å². The maximum atomic E-state index is 13.1. The fourth-order valence-corrected chi connectivity index (χ4v) is 5.78. The van der Waals surface area contributed by atoms with Gasteiger partial charge in [-0.1, -0.05) is 30.3 Å². The van der Waals surface area contributed by atoms with E-state index in [1.165, 1.54) is 18.4 Å². The highest BCUT2D eigenvalue weighted by molar-refractivity contribution is 7.89. The second-order valence-corrected chi connectivity index (χ2v) is 10.1. The van der Waals surface area contributed by atoms with Gasteiger partial charge < -0.3 is 4.74 Å². The van der Waals surface area contributed by atoms with E-state index in [1.807, 2.05) is 18.2 Å². The molecule has 0 radical (unpaired) electrons. The summed E-state index contributed by atoms with van der Waals surface area (Å²) in [5, 5.41) is 0. The van der Waals surface area contributed by atoms with Crippen molar-refractivity contribution in [3.8, 4) is 5.75 Å². The Morgan fingerprint density at radius 1 is 0.966 bits per heavy atom. The second kappa shape index (κ2) is 8.86. The van der Waals surface area contributed by atoms with Gasteiger partial charge in [-0.25, -0.2) is 8.42 Å². The number of sulfonamides is 1. The number of benzene rings is 2. The number of piperazine rings is 1. The topological polar surface area (TPSA) is 49.9 Å². The molecule has 1 unspecified atom stereocenters. The van der Waals surface area contributed by atoms with Crippen molar-refractivity contribution in [2.24, 2.45) is 0 Å². The van der Waals surface area contributed by atoms with E-state index in [2.05, 4.69) is 24.0 Å². The van der Waals surface area contributed by atoms with Crippen molar-refractivity contribution >= 4 is 10.0 Å². The Labute approximate surface area is 174 Å². The molecule has 1 aliphatic carbocycles. The zero-order chi connectivity index (χ0) is 20.3. The van der Waals surface area contributed by atoms with Crippen LogP contribution < -0.4 is 4.74 Å². The lowest BCUT2D eigenvalue weighted by Crippen LogP contribution is -2.53. The minimum absolute atomic E-state index is 0.170. The monoisotopic (exact) mass is 414 g/mol. The highest BCUT2D eigenvalue weighted by atomic mass is 32.2. The van der Waals surface area contributed by atoms with Gasteiger partial charge in [0.2, 0.25) is 10.0 Å². The number of rotatable bonds is 6. The highest BCUT2D eigenvalue weighted by Gasteiger charge is 2.32. The number of hydrogen-bond acceptors (Lipinski definition) is 4. The van der Waals surface area contributed by atoms with Crippen molar-refractivity contribution in [2.45, 2.75) is 56.2 Å². The zero-order valence-electron chi connectivity index (χ0n) is 17.0. The van der Waals surface area contributed by atoms with E-state index in [0.717, 1.165) is 31.7 Å². The Balaban J connectivity index is 1.38. The standard InChI is InChI=1S/C23H30N2O3S/c1-19-17-25(16-15-24(19)18-20-7-3-2-4-8-20)29(26,27)23-13-11-22(12-14-23)28-21-9-5-6-10-21/h2-4,7-8,11-14,19,21H,5-6,9-10,15-18H2,1H3. The largest absolute Gasteiger partial charge is 0.490 e. The van der Waals surface area contributed by atoms with Crippen LogP contribution in [0.4, 0.5) is 0 Å². The molecule has 29 heavy (non-hydrogen) atoms. The lowest BCUT2D eigenvalue weighted by atomic mass is 10.1. The summed E-state index contributed by atoms with van der Waals surface area (Å²) in [5.41, 5.74) is 1.26. The molecule has 1 heterocycles. The molecule has 1 atom stereocenters.